The molecule has 2 aromatic heterocycles. The lowest BCUT2D eigenvalue weighted by atomic mass is 10.3. The maximum absolute atomic E-state index is 12.8. The Morgan fingerprint density at radius 1 is 1.21 bits per heavy atom. The fraction of sp³-hybridized carbons (Fsp3) is 0.200. The first-order chi connectivity index (χ1) is 13.9. The maximum Gasteiger partial charge on any atom is 0.316 e. The van der Waals surface area contributed by atoms with Gasteiger partial charge in [0.05, 0.1) is 17.2 Å². The van der Waals surface area contributed by atoms with Gasteiger partial charge in [-0.15, -0.1) is 11.8 Å². The Bertz CT molecular complexity index is 1100. The summed E-state index contributed by atoms with van der Waals surface area (Å²) in [5.41, 5.74) is 1.93. The summed E-state index contributed by atoms with van der Waals surface area (Å²) in [5, 5.41) is 2.60. The third-order valence-electron chi connectivity index (χ3n) is 3.90. The summed E-state index contributed by atoms with van der Waals surface area (Å²) >= 11 is 1.09. The fourth-order valence-electron chi connectivity index (χ4n) is 2.54. The molecule has 7 nitrogen and oxygen atoms in total. The number of halogens is 1. The zero-order chi connectivity index (χ0) is 20.8. The van der Waals surface area contributed by atoms with E-state index in [2.05, 4.69) is 10.3 Å². The summed E-state index contributed by atoms with van der Waals surface area (Å²) in [6, 6.07) is 10.3. The number of pyridine rings is 1. The fourth-order valence-corrected chi connectivity index (χ4v) is 3.15. The quantitative estimate of drug-likeness (QED) is 0.597. The number of amides is 1. The van der Waals surface area contributed by atoms with Crippen molar-refractivity contribution in [1.82, 2.24) is 9.38 Å². The van der Waals surface area contributed by atoms with Crippen LogP contribution in [0.2, 0.25) is 0 Å². The summed E-state index contributed by atoms with van der Waals surface area (Å²) in [6.07, 6.45) is 1.63. The molecule has 3 aromatic rings. The van der Waals surface area contributed by atoms with Crippen LogP contribution >= 0.6 is 11.8 Å². The van der Waals surface area contributed by atoms with Gasteiger partial charge in [0, 0.05) is 18.0 Å². The van der Waals surface area contributed by atoms with Crippen LogP contribution in [0.5, 0.6) is 0 Å². The number of hydrogen-bond acceptors (Lipinski definition) is 6. The molecule has 0 unspecified atom stereocenters. The van der Waals surface area contributed by atoms with Gasteiger partial charge in [-0.1, -0.05) is 6.07 Å². The van der Waals surface area contributed by atoms with E-state index < -0.39 is 5.97 Å². The Hall–Kier alpha value is -3.20. The normalized spacial score (nSPS) is 10.7. The number of aromatic nitrogens is 2. The minimum atomic E-state index is -0.517. The van der Waals surface area contributed by atoms with E-state index in [0.717, 1.165) is 17.3 Å². The number of fused-ring (bicyclic) bond motifs is 1. The monoisotopic (exact) mass is 415 g/mol. The molecule has 0 aliphatic heterocycles. The molecule has 29 heavy (non-hydrogen) atoms. The second kappa shape index (κ2) is 9.33. The van der Waals surface area contributed by atoms with Crippen LogP contribution in [0, 0.1) is 12.7 Å². The number of carbonyl (C=O) groups excluding carboxylic acids is 2. The number of benzene rings is 1. The molecule has 0 aliphatic carbocycles. The zero-order valence-corrected chi connectivity index (χ0v) is 16.4. The molecule has 0 aliphatic rings. The van der Waals surface area contributed by atoms with Gasteiger partial charge in [0.1, 0.15) is 18.1 Å². The van der Waals surface area contributed by atoms with Crippen LogP contribution in [0.3, 0.4) is 0 Å². The molecule has 0 saturated heterocycles. The number of nitrogens with one attached hydrogen (secondary N) is 1. The lowest BCUT2D eigenvalue weighted by molar-refractivity contribution is -0.141. The summed E-state index contributed by atoms with van der Waals surface area (Å²) in [7, 11) is 0. The highest BCUT2D eigenvalue weighted by molar-refractivity contribution is 8.00. The molecule has 2 heterocycles. The predicted octanol–water partition coefficient (Wildman–Crippen LogP) is 2.56. The molecule has 0 bridgehead atoms. The highest BCUT2D eigenvalue weighted by Gasteiger charge is 2.10. The number of thioether (sulfide) groups is 1. The van der Waals surface area contributed by atoms with Crippen LogP contribution in [-0.2, 0) is 20.9 Å². The molecule has 9 heteroatoms. The molecule has 1 aromatic carbocycles. The van der Waals surface area contributed by atoms with Crippen molar-refractivity contribution in [3.63, 3.8) is 0 Å². The van der Waals surface area contributed by atoms with E-state index >= 15 is 0 Å². The molecule has 0 saturated carbocycles. The second-order valence-corrected chi connectivity index (χ2v) is 7.16. The van der Waals surface area contributed by atoms with E-state index in [0.29, 0.717) is 17.0 Å². The van der Waals surface area contributed by atoms with Crippen molar-refractivity contribution in [1.29, 1.82) is 0 Å². The van der Waals surface area contributed by atoms with E-state index in [9.17, 15) is 18.8 Å². The Labute approximate surface area is 169 Å². The minimum absolute atomic E-state index is 0.0254. The predicted molar refractivity (Wildman–Crippen MR) is 108 cm³/mol. The average molecular weight is 415 g/mol. The number of esters is 1. The van der Waals surface area contributed by atoms with Crippen LogP contribution in [0.15, 0.2) is 53.5 Å². The van der Waals surface area contributed by atoms with Crippen LogP contribution < -0.4 is 10.9 Å². The first-order valence-corrected chi connectivity index (χ1v) is 9.84. The molecule has 1 amide bonds. The second-order valence-electron chi connectivity index (χ2n) is 6.18. The number of hydrogen-bond donors (Lipinski definition) is 1. The lowest BCUT2D eigenvalue weighted by Gasteiger charge is -2.08. The molecule has 1 N–H and O–H groups in total. The standard InChI is InChI=1S/C20H18FN3O4S/c1-13-3-2-8-24-18(26)9-16(23-20(13)24)10-28-19(27)12-29-11-17(25)22-15-6-4-14(21)5-7-15/h2-9H,10-12H2,1H3,(H,22,25). The van der Waals surface area contributed by atoms with Gasteiger partial charge in [-0.3, -0.25) is 18.8 Å². The highest BCUT2D eigenvalue weighted by atomic mass is 32.2. The van der Waals surface area contributed by atoms with Crippen LogP contribution in [-0.4, -0.2) is 32.8 Å². The van der Waals surface area contributed by atoms with Gasteiger partial charge in [0.15, 0.2) is 0 Å². The van der Waals surface area contributed by atoms with Crippen molar-refractivity contribution in [3.05, 3.63) is 76.1 Å². The summed E-state index contributed by atoms with van der Waals surface area (Å²) in [5.74, 6) is -1.20. The van der Waals surface area contributed by atoms with Crippen molar-refractivity contribution < 1.29 is 18.7 Å². The van der Waals surface area contributed by atoms with Crippen molar-refractivity contribution in [2.75, 3.05) is 16.8 Å². The lowest BCUT2D eigenvalue weighted by Crippen LogP contribution is -2.18. The molecular weight excluding hydrogens is 397 g/mol. The van der Waals surface area contributed by atoms with E-state index in [1.165, 1.54) is 34.7 Å². The third kappa shape index (κ3) is 5.64. The number of nitrogens with zero attached hydrogens (tertiary/aromatic N) is 2. The maximum atomic E-state index is 12.8. The van der Waals surface area contributed by atoms with Crippen LogP contribution in [0.25, 0.3) is 5.65 Å². The Morgan fingerprint density at radius 3 is 2.72 bits per heavy atom. The van der Waals surface area contributed by atoms with Crippen molar-refractivity contribution in [3.8, 4) is 0 Å². The Morgan fingerprint density at radius 2 is 1.97 bits per heavy atom. The molecule has 0 fully saturated rings. The summed E-state index contributed by atoms with van der Waals surface area (Å²) in [4.78, 5) is 40.2. The zero-order valence-electron chi connectivity index (χ0n) is 15.6. The van der Waals surface area contributed by atoms with Crippen LogP contribution in [0.1, 0.15) is 11.3 Å². The first kappa shape index (κ1) is 20.5. The number of carbonyl (C=O) groups is 2. The number of rotatable bonds is 7. The molecule has 150 valence electrons. The van der Waals surface area contributed by atoms with E-state index in [4.69, 9.17) is 4.74 Å². The number of ether oxygens (including phenoxy) is 1. The van der Waals surface area contributed by atoms with Crippen molar-refractivity contribution in [2.45, 2.75) is 13.5 Å². The first-order valence-electron chi connectivity index (χ1n) is 8.69. The molecule has 0 atom stereocenters. The minimum Gasteiger partial charge on any atom is -0.459 e. The van der Waals surface area contributed by atoms with Crippen LogP contribution in [0.4, 0.5) is 10.1 Å². The van der Waals surface area contributed by atoms with Gasteiger partial charge in [-0.05, 0) is 42.8 Å². The van der Waals surface area contributed by atoms with Gasteiger partial charge in [-0.2, -0.15) is 0 Å². The van der Waals surface area contributed by atoms with Crippen molar-refractivity contribution >= 4 is 35.0 Å². The summed E-state index contributed by atoms with van der Waals surface area (Å²) < 4.78 is 19.4. The van der Waals surface area contributed by atoms with Gasteiger partial charge in [0.2, 0.25) is 5.91 Å². The van der Waals surface area contributed by atoms with Gasteiger partial charge < -0.3 is 10.1 Å². The van der Waals surface area contributed by atoms with E-state index in [-0.39, 0.29) is 35.4 Å². The largest absolute Gasteiger partial charge is 0.459 e. The van der Waals surface area contributed by atoms with Gasteiger partial charge in [-0.25, -0.2) is 9.37 Å². The molecule has 0 spiro atoms. The van der Waals surface area contributed by atoms with Gasteiger partial charge in [0.25, 0.3) is 5.56 Å². The molecule has 0 radical (unpaired) electrons. The molecule has 3 rings (SSSR count). The third-order valence-corrected chi connectivity index (χ3v) is 4.81. The van der Waals surface area contributed by atoms with E-state index in [1.54, 1.807) is 12.3 Å². The SMILES string of the molecule is Cc1cccn2c(=O)cc(COC(=O)CSCC(=O)Nc3ccc(F)cc3)nc12. The van der Waals surface area contributed by atoms with E-state index in [1.807, 2.05) is 13.0 Å². The Kier molecular flexibility index (Phi) is 6.61. The average Bonchev–Trinajstić information content (AvgIpc) is 2.69. The smallest absolute Gasteiger partial charge is 0.316 e. The highest BCUT2D eigenvalue weighted by Crippen LogP contribution is 2.10. The number of aryl methyl sites for hydroxylation is 1. The van der Waals surface area contributed by atoms with Crippen molar-refractivity contribution in [2.24, 2.45) is 0 Å². The summed E-state index contributed by atoms with van der Waals surface area (Å²) in [6.45, 7) is 1.71. The topological polar surface area (TPSA) is 89.8 Å². The number of anilines is 1. The molecular formula is C20H18FN3O4S. The Balaban J connectivity index is 1.46. The van der Waals surface area contributed by atoms with Gasteiger partial charge >= 0.3 is 5.97 Å².